The van der Waals surface area contributed by atoms with Crippen LogP contribution in [0, 0.1) is 0 Å². The average molecular weight is 407 g/mol. The Morgan fingerprint density at radius 3 is 2.73 bits per heavy atom. The van der Waals surface area contributed by atoms with E-state index < -0.39 is 5.66 Å². The first-order valence-corrected chi connectivity index (χ1v) is 9.77. The maximum atomic E-state index is 14.0. The molecule has 11 nitrogen and oxygen atoms in total. The van der Waals surface area contributed by atoms with Crippen LogP contribution in [0.1, 0.15) is 5.56 Å². The quantitative estimate of drug-likeness (QED) is 0.622. The normalized spacial score (nSPS) is 21.9. The van der Waals surface area contributed by atoms with Crippen molar-refractivity contribution < 1.29 is 9.53 Å². The Labute approximate surface area is 172 Å². The molecule has 0 radical (unpaired) electrons. The molecule has 1 fully saturated rings. The van der Waals surface area contributed by atoms with Gasteiger partial charge in [0.1, 0.15) is 0 Å². The van der Waals surface area contributed by atoms with E-state index in [9.17, 15) is 4.79 Å². The van der Waals surface area contributed by atoms with Crippen LogP contribution in [0.2, 0.25) is 0 Å². The van der Waals surface area contributed by atoms with E-state index in [0.29, 0.717) is 43.5 Å². The van der Waals surface area contributed by atoms with Gasteiger partial charge in [0.05, 0.1) is 19.4 Å². The molecule has 5 heterocycles. The van der Waals surface area contributed by atoms with Gasteiger partial charge in [-0.3, -0.25) is 19.6 Å². The number of rotatable bonds is 5. The lowest BCUT2D eigenvalue weighted by atomic mass is 9.97. The molecule has 3 aromatic heterocycles. The fraction of sp³-hybridized carbons (Fsp3) is 0.368. The lowest BCUT2D eigenvalue weighted by Crippen LogP contribution is -2.61. The number of nitrogens with zero attached hydrogens (tertiary/aromatic N) is 8. The second-order valence-electron chi connectivity index (χ2n) is 7.06. The minimum Gasteiger partial charge on any atom is -0.379 e. The number of hydrogen-bond donors (Lipinski definition) is 1. The largest absolute Gasteiger partial charge is 0.379 e. The standard InChI is InChI=1S/C19H21N9O2/c29-18-19(28-7-6-23-25-28,15-2-1-3-20-14-15)24-16-17(22-5-4-21-16)27(18)9-8-26-10-12-30-13-11-26/h1-7,14H,8-13H2,(H,21,24). The van der Waals surface area contributed by atoms with Crippen molar-refractivity contribution in [3.63, 3.8) is 0 Å². The summed E-state index contributed by atoms with van der Waals surface area (Å²) in [6.07, 6.45) is 9.68. The molecule has 0 bridgehead atoms. The maximum Gasteiger partial charge on any atom is 0.281 e. The van der Waals surface area contributed by atoms with Gasteiger partial charge in [0.25, 0.3) is 5.91 Å². The lowest BCUT2D eigenvalue weighted by molar-refractivity contribution is -0.125. The molecule has 11 heteroatoms. The smallest absolute Gasteiger partial charge is 0.281 e. The number of carbonyl (C=O) groups excluding carboxylic acids is 1. The van der Waals surface area contributed by atoms with Crippen LogP contribution >= 0.6 is 0 Å². The van der Waals surface area contributed by atoms with E-state index in [1.54, 1.807) is 42.0 Å². The van der Waals surface area contributed by atoms with Gasteiger partial charge >= 0.3 is 0 Å². The van der Waals surface area contributed by atoms with Crippen LogP contribution < -0.4 is 10.2 Å². The van der Waals surface area contributed by atoms with Gasteiger partial charge in [0, 0.05) is 62.7 Å². The van der Waals surface area contributed by atoms with Gasteiger partial charge in [-0.2, -0.15) is 0 Å². The number of carbonyl (C=O) groups is 1. The summed E-state index contributed by atoms with van der Waals surface area (Å²) in [6.45, 7) is 4.23. The molecular weight excluding hydrogens is 386 g/mol. The fourth-order valence-corrected chi connectivity index (χ4v) is 3.85. The molecule has 1 N–H and O–H groups in total. The van der Waals surface area contributed by atoms with E-state index in [1.165, 1.54) is 10.9 Å². The van der Waals surface area contributed by atoms with Gasteiger partial charge in [-0.25, -0.2) is 14.6 Å². The predicted molar refractivity (Wildman–Crippen MR) is 107 cm³/mol. The van der Waals surface area contributed by atoms with Crippen LogP contribution in [0.3, 0.4) is 0 Å². The first-order valence-electron chi connectivity index (χ1n) is 9.77. The molecule has 1 amide bonds. The molecule has 2 aliphatic heterocycles. The Morgan fingerprint density at radius 1 is 1.10 bits per heavy atom. The van der Waals surface area contributed by atoms with E-state index >= 15 is 0 Å². The van der Waals surface area contributed by atoms with Crippen molar-refractivity contribution in [3.05, 3.63) is 54.9 Å². The third kappa shape index (κ3) is 3.08. The summed E-state index contributed by atoms with van der Waals surface area (Å²) < 4.78 is 6.93. The summed E-state index contributed by atoms with van der Waals surface area (Å²) >= 11 is 0. The van der Waals surface area contributed by atoms with Gasteiger partial charge in [-0.05, 0) is 6.07 Å². The van der Waals surface area contributed by atoms with E-state index in [2.05, 4.69) is 35.5 Å². The summed E-state index contributed by atoms with van der Waals surface area (Å²) in [7, 11) is 0. The average Bonchev–Trinajstić information content (AvgIpc) is 3.35. The van der Waals surface area contributed by atoms with E-state index in [0.717, 1.165) is 13.1 Å². The predicted octanol–water partition coefficient (Wildman–Crippen LogP) is -0.0449. The SMILES string of the molecule is O=C1N(CCN2CCOCC2)c2nccnc2NC1(c1cccnc1)n1ccnn1. The molecule has 5 rings (SSSR count). The highest BCUT2D eigenvalue weighted by atomic mass is 16.5. The minimum absolute atomic E-state index is 0.220. The molecule has 1 unspecified atom stereocenters. The monoisotopic (exact) mass is 407 g/mol. The molecule has 0 saturated carbocycles. The first kappa shape index (κ1) is 18.6. The molecule has 0 aliphatic carbocycles. The summed E-state index contributed by atoms with van der Waals surface area (Å²) in [5.41, 5.74) is -0.730. The van der Waals surface area contributed by atoms with Crippen molar-refractivity contribution in [2.75, 3.05) is 49.6 Å². The molecule has 2 aliphatic rings. The molecule has 3 aromatic rings. The number of morpholine rings is 1. The van der Waals surface area contributed by atoms with Gasteiger partial charge in [-0.15, -0.1) is 5.10 Å². The number of ether oxygens (including phenoxy) is 1. The van der Waals surface area contributed by atoms with Gasteiger partial charge < -0.3 is 10.1 Å². The fourth-order valence-electron chi connectivity index (χ4n) is 3.85. The van der Waals surface area contributed by atoms with Crippen molar-refractivity contribution in [1.82, 2.24) is 34.8 Å². The third-order valence-corrected chi connectivity index (χ3v) is 5.38. The Bertz CT molecular complexity index is 1010. The van der Waals surface area contributed by atoms with Crippen molar-refractivity contribution in [2.24, 2.45) is 0 Å². The van der Waals surface area contributed by atoms with E-state index in [-0.39, 0.29) is 5.91 Å². The number of amides is 1. The first-order chi connectivity index (χ1) is 14.8. The Morgan fingerprint density at radius 2 is 1.97 bits per heavy atom. The molecule has 0 spiro atoms. The summed E-state index contributed by atoms with van der Waals surface area (Å²) in [5.74, 6) is 0.774. The number of fused-ring (bicyclic) bond motifs is 1. The number of anilines is 2. The van der Waals surface area contributed by atoms with Crippen LogP contribution in [0.15, 0.2) is 49.3 Å². The highest BCUT2D eigenvalue weighted by molar-refractivity contribution is 6.06. The molecule has 1 atom stereocenters. The maximum absolute atomic E-state index is 14.0. The second-order valence-corrected chi connectivity index (χ2v) is 7.06. The zero-order valence-electron chi connectivity index (χ0n) is 16.3. The molecule has 1 saturated heterocycles. The third-order valence-electron chi connectivity index (χ3n) is 5.38. The number of hydrogen-bond acceptors (Lipinski definition) is 9. The van der Waals surface area contributed by atoms with Crippen LogP contribution in [0.4, 0.5) is 11.6 Å². The summed E-state index contributed by atoms with van der Waals surface area (Å²) in [4.78, 5) is 31.1. The Hall–Kier alpha value is -3.44. The molecule has 154 valence electrons. The van der Waals surface area contributed by atoms with Crippen LogP contribution in [0.25, 0.3) is 0 Å². The van der Waals surface area contributed by atoms with Crippen molar-refractivity contribution in [3.8, 4) is 0 Å². The number of pyridine rings is 1. The van der Waals surface area contributed by atoms with Crippen molar-refractivity contribution in [2.45, 2.75) is 5.66 Å². The summed E-state index contributed by atoms with van der Waals surface area (Å²) in [6, 6.07) is 3.62. The number of aromatic nitrogens is 6. The molecule has 0 aromatic carbocycles. The van der Waals surface area contributed by atoms with E-state index in [4.69, 9.17) is 4.74 Å². The number of nitrogens with one attached hydrogen (secondary N) is 1. The Kier molecular flexibility index (Phi) is 4.81. The zero-order chi connectivity index (χ0) is 20.4. The van der Waals surface area contributed by atoms with Gasteiger partial charge in [0.2, 0.25) is 5.66 Å². The highest BCUT2D eigenvalue weighted by Crippen LogP contribution is 2.38. The van der Waals surface area contributed by atoms with Gasteiger partial charge in [-0.1, -0.05) is 11.3 Å². The molecular formula is C19H21N9O2. The topological polar surface area (TPSA) is 114 Å². The van der Waals surface area contributed by atoms with E-state index in [1.807, 2.05) is 6.07 Å². The van der Waals surface area contributed by atoms with Gasteiger partial charge in [0.15, 0.2) is 11.6 Å². The highest BCUT2D eigenvalue weighted by Gasteiger charge is 2.51. The second kappa shape index (κ2) is 7.76. The summed E-state index contributed by atoms with van der Waals surface area (Å²) in [5, 5.41) is 11.3. The Balaban J connectivity index is 1.58. The zero-order valence-corrected chi connectivity index (χ0v) is 16.3. The van der Waals surface area contributed by atoms with Crippen LogP contribution in [-0.4, -0.2) is 80.1 Å². The van der Waals surface area contributed by atoms with Crippen molar-refractivity contribution >= 4 is 17.5 Å². The van der Waals surface area contributed by atoms with Crippen molar-refractivity contribution in [1.29, 1.82) is 0 Å². The minimum atomic E-state index is -1.36. The van der Waals surface area contributed by atoms with Crippen LogP contribution in [0.5, 0.6) is 0 Å². The van der Waals surface area contributed by atoms with Crippen LogP contribution in [-0.2, 0) is 15.2 Å². The molecule has 30 heavy (non-hydrogen) atoms. The lowest BCUT2D eigenvalue weighted by Gasteiger charge is -2.42.